The molecular weight excluding hydrogens is 472 g/mol. The molecule has 3 aromatic carbocycles. The summed E-state index contributed by atoms with van der Waals surface area (Å²) in [6.07, 6.45) is 0. The molecule has 3 heteroatoms. The summed E-state index contributed by atoms with van der Waals surface area (Å²) in [4.78, 5) is 0. The molecule has 0 amide bonds. The molecule has 0 unspecified atom stereocenters. The first-order valence-electron chi connectivity index (χ1n) is 7.09. The molecule has 0 atom stereocenters. The number of hydrogen-bond acceptors (Lipinski definition) is 0. The van der Waals surface area contributed by atoms with E-state index >= 15 is 4.11 Å². The summed E-state index contributed by atoms with van der Waals surface area (Å²) in [5.74, 6) is 0. The van der Waals surface area contributed by atoms with Crippen molar-refractivity contribution in [3.63, 3.8) is 0 Å². The van der Waals surface area contributed by atoms with Gasteiger partial charge in [-0.1, -0.05) is 0 Å². The first-order chi connectivity index (χ1) is 10.3. The average molecular weight is 484 g/mol. The molecule has 6 rings (SSSR count). The Morgan fingerprint density at radius 3 is 1.29 bits per heavy atom. The Bertz CT molecular complexity index is 774. The Morgan fingerprint density at radius 1 is 0.571 bits per heavy atom. The zero-order chi connectivity index (χ0) is 14.0. The van der Waals surface area contributed by atoms with Gasteiger partial charge in [-0.05, 0) is 0 Å². The van der Waals surface area contributed by atoms with Gasteiger partial charge < -0.3 is 0 Å². The van der Waals surface area contributed by atoms with Gasteiger partial charge >= 0.3 is 132 Å². The summed E-state index contributed by atoms with van der Waals surface area (Å²) >= 11 is -2.26. The van der Waals surface area contributed by atoms with E-state index in [1.165, 1.54) is 9.81 Å². The van der Waals surface area contributed by atoms with Crippen LogP contribution in [-0.4, -0.2) is 30.2 Å². The maximum atomic E-state index is 16.5. The summed E-state index contributed by atoms with van der Waals surface area (Å²) in [5, 5.41) is 3.13. The Labute approximate surface area is 132 Å². The predicted octanol–water partition coefficient (Wildman–Crippen LogP) is -0.234. The van der Waals surface area contributed by atoms with Gasteiger partial charge in [0.2, 0.25) is 0 Å². The van der Waals surface area contributed by atoms with Gasteiger partial charge in [0.05, 0.1) is 0 Å². The molecule has 0 aliphatic carbocycles. The Kier molecular flexibility index (Phi) is 2.40. The second-order valence-corrected chi connectivity index (χ2v) is 16.7. The van der Waals surface area contributed by atoms with Crippen LogP contribution in [0.15, 0.2) is 72.8 Å². The topological polar surface area (TPSA) is 0 Å². The molecule has 3 aliphatic rings. The Balaban J connectivity index is 2.00. The van der Waals surface area contributed by atoms with Crippen molar-refractivity contribution in [2.24, 2.45) is 0 Å². The molecule has 0 spiro atoms. The van der Waals surface area contributed by atoms with Gasteiger partial charge in [-0.15, -0.1) is 0 Å². The van der Waals surface area contributed by atoms with Crippen molar-refractivity contribution in [3.05, 3.63) is 72.8 Å². The molecular formula is C18H12BiFSi. The summed E-state index contributed by atoms with van der Waals surface area (Å²) in [6, 6.07) is 25.0. The van der Waals surface area contributed by atoms with Crippen molar-refractivity contribution in [1.82, 2.24) is 0 Å². The quantitative estimate of drug-likeness (QED) is 0.306. The van der Waals surface area contributed by atoms with Crippen LogP contribution in [0.2, 0.25) is 0 Å². The van der Waals surface area contributed by atoms with Gasteiger partial charge in [0, 0.05) is 0 Å². The van der Waals surface area contributed by atoms with Gasteiger partial charge in [-0.2, -0.15) is 0 Å². The molecule has 0 saturated heterocycles. The summed E-state index contributed by atoms with van der Waals surface area (Å²) in [6.45, 7) is 0. The predicted molar refractivity (Wildman–Crippen MR) is 89.7 cm³/mol. The van der Waals surface area contributed by atoms with Gasteiger partial charge in [0.1, 0.15) is 0 Å². The molecule has 0 nitrogen and oxygen atoms in total. The van der Waals surface area contributed by atoms with Crippen molar-refractivity contribution in [1.29, 1.82) is 0 Å². The van der Waals surface area contributed by atoms with Crippen molar-refractivity contribution in [3.8, 4) is 0 Å². The van der Waals surface area contributed by atoms with E-state index in [-0.39, 0.29) is 0 Å². The molecule has 0 saturated carbocycles. The fourth-order valence-corrected chi connectivity index (χ4v) is 24.6. The van der Waals surface area contributed by atoms with Gasteiger partial charge in [0.25, 0.3) is 0 Å². The summed E-state index contributed by atoms with van der Waals surface area (Å²) in [5.41, 5.74) is 0. The molecule has 0 aromatic heterocycles. The van der Waals surface area contributed by atoms with Gasteiger partial charge in [-0.3, -0.25) is 0 Å². The van der Waals surface area contributed by atoms with Crippen LogP contribution in [0.25, 0.3) is 0 Å². The molecule has 3 aromatic rings. The second kappa shape index (κ2) is 4.12. The van der Waals surface area contributed by atoms with Crippen molar-refractivity contribution in [2.75, 3.05) is 0 Å². The van der Waals surface area contributed by atoms with Crippen LogP contribution in [0.5, 0.6) is 0 Å². The second-order valence-electron chi connectivity index (χ2n) is 5.55. The van der Waals surface area contributed by atoms with Gasteiger partial charge in [0.15, 0.2) is 0 Å². The zero-order valence-electron chi connectivity index (χ0n) is 11.3. The monoisotopic (exact) mass is 484 g/mol. The van der Waals surface area contributed by atoms with E-state index in [1.807, 2.05) is 18.2 Å². The zero-order valence-corrected chi connectivity index (χ0v) is 15.7. The summed E-state index contributed by atoms with van der Waals surface area (Å²) < 4.78 is 20.6. The van der Waals surface area contributed by atoms with E-state index in [4.69, 9.17) is 0 Å². The van der Waals surface area contributed by atoms with E-state index in [9.17, 15) is 0 Å². The number of rotatable bonds is 0. The van der Waals surface area contributed by atoms with Crippen molar-refractivity contribution < 1.29 is 4.11 Å². The normalized spacial score (nSPS) is 17.0. The Hall–Kier alpha value is -1.31. The van der Waals surface area contributed by atoms with E-state index in [1.54, 1.807) is 0 Å². The van der Waals surface area contributed by atoms with E-state index in [0.29, 0.717) is 0 Å². The van der Waals surface area contributed by atoms with E-state index in [2.05, 4.69) is 54.6 Å². The third-order valence-electron chi connectivity index (χ3n) is 4.55. The first-order valence-corrected chi connectivity index (χ1v) is 14.2. The fraction of sp³-hybridized carbons (Fsp3) is 0. The minimum atomic E-state index is -3.26. The fourth-order valence-electron chi connectivity index (χ4n) is 3.70. The molecule has 0 fully saturated rings. The third kappa shape index (κ3) is 1.37. The maximum absolute atomic E-state index is 16.5. The molecule has 100 valence electrons. The van der Waals surface area contributed by atoms with Crippen LogP contribution in [0.4, 0.5) is 4.11 Å². The van der Waals surface area contributed by atoms with Crippen LogP contribution >= 0.6 is 0 Å². The van der Waals surface area contributed by atoms with Crippen LogP contribution in [0.3, 0.4) is 0 Å². The van der Waals surface area contributed by atoms with Crippen LogP contribution in [-0.2, 0) is 0 Å². The molecule has 3 aliphatic heterocycles. The standard InChI is InChI=1S/C18H12FSi.Bi/c19-20(16-10-4-1-5-11-16,17-12-6-2-7-13-17)18-14-8-3-9-15-18;/h1-10,12,14H;. The minimum absolute atomic E-state index is 1.04. The Morgan fingerprint density at radius 2 is 0.905 bits per heavy atom. The SMILES string of the molecule is F[Si]12c3cccc[c]3[Bi]([c]3ccccc31)[c]1ccccc12. The van der Waals surface area contributed by atoms with Crippen molar-refractivity contribution >= 4 is 55.5 Å². The number of benzene rings is 3. The molecule has 2 bridgehead atoms. The number of halogens is 1. The van der Waals surface area contributed by atoms with Crippen molar-refractivity contribution in [2.45, 2.75) is 0 Å². The molecule has 0 N–H and O–H groups in total. The van der Waals surface area contributed by atoms with E-state index < -0.39 is 30.2 Å². The van der Waals surface area contributed by atoms with Gasteiger partial charge in [-0.25, -0.2) is 0 Å². The average Bonchev–Trinajstić information content (AvgIpc) is 2.56. The van der Waals surface area contributed by atoms with E-state index in [0.717, 1.165) is 15.6 Å². The third-order valence-corrected chi connectivity index (χ3v) is 20.8. The molecule has 3 heterocycles. The molecule has 21 heavy (non-hydrogen) atoms. The number of hydrogen-bond donors (Lipinski definition) is 0. The molecule has 0 radical (unpaired) electrons. The van der Waals surface area contributed by atoms with Crippen LogP contribution < -0.4 is 25.4 Å². The van der Waals surface area contributed by atoms with Crippen LogP contribution in [0.1, 0.15) is 0 Å². The summed E-state index contributed by atoms with van der Waals surface area (Å²) in [7, 11) is -3.26. The van der Waals surface area contributed by atoms with Crippen LogP contribution in [0, 0.1) is 0 Å². The first kappa shape index (κ1) is 12.3.